The van der Waals surface area contributed by atoms with Crippen molar-refractivity contribution < 1.29 is 9.47 Å². The molecule has 21 heavy (non-hydrogen) atoms. The van der Waals surface area contributed by atoms with Gasteiger partial charge in [-0.15, -0.1) is 0 Å². The number of halogens is 1. The van der Waals surface area contributed by atoms with E-state index >= 15 is 0 Å². The molecule has 112 valence electrons. The van der Waals surface area contributed by atoms with Crippen LogP contribution in [0.2, 0.25) is 5.15 Å². The third kappa shape index (κ3) is 4.08. The fourth-order valence-corrected chi connectivity index (χ4v) is 1.88. The molecule has 0 spiro atoms. The van der Waals surface area contributed by atoms with Crippen molar-refractivity contribution in [1.29, 1.82) is 0 Å². The lowest BCUT2D eigenvalue weighted by molar-refractivity contribution is 0.317. The first-order valence-corrected chi connectivity index (χ1v) is 7.45. The summed E-state index contributed by atoms with van der Waals surface area (Å²) in [5.41, 5.74) is 0.736. The highest BCUT2D eigenvalue weighted by Gasteiger charge is 2.10. The Morgan fingerprint density at radius 3 is 2.33 bits per heavy atom. The second-order valence-corrected chi connectivity index (χ2v) is 4.99. The number of benzene rings is 1. The van der Waals surface area contributed by atoms with Crippen LogP contribution in [0, 0.1) is 6.92 Å². The van der Waals surface area contributed by atoms with Gasteiger partial charge in [-0.25, -0.2) is 4.98 Å². The SMILES string of the molecule is CCCOc1ccc(Oc2nc(CC)nc(Cl)c2C)cc1. The van der Waals surface area contributed by atoms with E-state index in [2.05, 4.69) is 16.9 Å². The molecule has 1 aromatic carbocycles. The molecule has 0 aliphatic rings. The second-order valence-electron chi connectivity index (χ2n) is 4.64. The summed E-state index contributed by atoms with van der Waals surface area (Å²) < 4.78 is 11.3. The Morgan fingerprint density at radius 2 is 1.71 bits per heavy atom. The lowest BCUT2D eigenvalue weighted by Gasteiger charge is -2.10. The van der Waals surface area contributed by atoms with E-state index in [0.29, 0.717) is 35.6 Å². The first kappa shape index (κ1) is 15.6. The summed E-state index contributed by atoms with van der Waals surface area (Å²) in [6.07, 6.45) is 1.69. The molecule has 0 fully saturated rings. The maximum absolute atomic E-state index is 6.10. The molecule has 0 aliphatic heterocycles. The van der Waals surface area contributed by atoms with Crippen molar-refractivity contribution >= 4 is 11.6 Å². The lowest BCUT2D eigenvalue weighted by atomic mass is 10.3. The first-order chi connectivity index (χ1) is 10.1. The zero-order chi connectivity index (χ0) is 15.2. The highest BCUT2D eigenvalue weighted by molar-refractivity contribution is 6.30. The zero-order valence-electron chi connectivity index (χ0n) is 12.5. The minimum atomic E-state index is 0.430. The van der Waals surface area contributed by atoms with Crippen LogP contribution in [0.25, 0.3) is 0 Å². The molecule has 0 aliphatic carbocycles. The summed E-state index contributed by atoms with van der Waals surface area (Å²) in [5.74, 6) is 2.69. The van der Waals surface area contributed by atoms with Crippen LogP contribution < -0.4 is 9.47 Å². The molecule has 4 nitrogen and oxygen atoms in total. The third-order valence-corrected chi connectivity index (χ3v) is 3.28. The Labute approximate surface area is 130 Å². The van der Waals surface area contributed by atoms with Gasteiger partial charge in [0, 0.05) is 12.0 Å². The second kappa shape index (κ2) is 7.27. The monoisotopic (exact) mass is 306 g/mol. The van der Waals surface area contributed by atoms with E-state index in [9.17, 15) is 0 Å². The van der Waals surface area contributed by atoms with Gasteiger partial charge in [-0.2, -0.15) is 4.98 Å². The van der Waals surface area contributed by atoms with Crippen LogP contribution in [0.4, 0.5) is 0 Å². The number of aromatic nitrogens is 2. The highest BCUT2D eigenvalue weighted by atomic mass is 35.5. The van der Waals surface area contributed by atoms with Crippen molar-refractivity contribution in [3.63, 3.8) is 0 Å². The summed E-state index contributed by atoms with van der Waals surface area (Å²) in [7, 11) is 0. The average Bonchev–Trinajstić information content (AvgIpc) is 2.50. The van der Waals surface area contributed by atoms with E-state index in [-0.39, 0.29) is 0 Å². The zero-order valence-corrected chi connectivity index (χ0v) is 13.3. The standard InChI is InChI=1S/C16H19ClN2O2/c1-4-10-20-12-6-8-13(9-7-12)21-16-11(3)15(17)18-14(5-2)19-16/h6-9H,4-5,10H2,1-3H3. The molecule has 0 N–H and O–H groups in total. The van der Waals surface area contributed by atoms with E-state index in [4.69, 9.17) is 21.1 Å². The molecular weight excluding hydrogens is 288 g/mol. The van der Waals surface area contributed by atoms with Crippen LogP contribution in [0.5, 0.6) is 17.4 Å². The van der Waals surface area contributed by atoms with Gasteiger partial charge in [0.25, 0.3) is 0 Å². The van der Waals surface area contributed by atoms with E-state index in [1.165, 1.54) is 0 Å². The summed E-state index contributed by atoms with van der Waals surface area (Å²) in [4.78, 5) is 8.57. The highest BCUT2D eigenvalue weighted by Crippen LogP contribution is 2.28. The maximum Gasteiger partial charge on any atom is 0.226 e. The van der Waals surface area contributed by atoms with Crippen LogP contribution in [-0.2, 0) is 6.42 Å². The Balaban J connectivity index is 2.16. The van der Waals surface area contributed by atoms with Crippen LogP contribution in [0.1, 0.15) is 31.7 Å². The van der Waals surface area contributed by atoms with Gasteiger partial charge in [0.05, 0.1) is 6.61 Å². The lowest BCUT2D eigenvalue weighted by Crippen LogP contribution is -2.00. The first-order valence-electron chi connectivity index (χ1n) is 7.07. The van der Waals surface area contributed by atoms with Gasteiger partial charge in [0.1, 0.15) is 22.5 Å². The Morgan fingerprint density at radius 1 is 1.05 bits per heavy atom. The van der Waals surface area contributed by atoms with Crippen molar-refractivity contribution in [2.45, 2.75) is 33.6 Å². The quantitative estimate of drug-likeness (QED) is 0.733. The Kier molecular flexibility index (Phi) is 5.39. The fourth-order valence-electron chi connectivity index (χ4n) is 1.70. The molecule has 5 heteroatoms. The molecule has 0 saturated heterocycles. The number of rotatable bonds is 6. The Bertz CT molecular complexity index is 600. The number of hydrogen-bond donors (Lipinski definition) is 0. The van der Waals surface area contributed by atoms with Crippen molar-refractivity contribution in [3.8, 4) is 17.4 Å². The molecular formula is C16H19ClN2O2. The summed E-state index contributed by atoms with van der Waals surface area (Å²) >= 11 is 6.10. The van der Waals surface area contributed by atoms with E-state index in [1.807, 2.05) is 38.1 Å². The van der Waals surface area contributed by atoms with Crippen molar-refractivity contribution in [1.82, 2.24) is 9.97 Å². The summed E-state index contributed by atoms with van der Waals surface area (Å²) in [5, 5.41) is 0.430. The van der Waals surface area contributed by atoms with E-state index in [1.54, 1.807) is 0 Å². The largest absolute Gasteiger partial charge is 0.494 e. The number of aryl methyl sites for hydroxylation is 1. The predicted molar refractivity (Wildman–Crippen MR) is 83.5 cm³/mol. The summed E-state index contributed by atoms with van der Waals surface area (Å²) in [6.45, 7) is 6.60. The minimum absolute atomic E-state index is 0.430. The van der Waals surface area contributed by atoms with Gasteiger partial charge in [-0.05, 0) is 37.6 Å². The topological polar surface area (TPSA) is 44.2 Å². The van der Waals surface area contributed by atoms with Crippen LogP contribution in [0.15, 0.2) is 24.3 Å². The van der Waals surface area contributed by atoms with Gasteiger partial charge in [-0.3, -0.25) is 0 Å². The fraction of sp³-hybridized carbons (Fsp3) is 0.375. The number of hydrogen-bond acceptors (Lipinski definition) is 4. The van der Waals surface area contributed by atoms with Crippen molar-refractivity contribution in [2.24, 2.45) is 0 Å². The molecule has 0 radical (unpaired) electrons. The van der Waals surface area contributed by atoms with E-state index < -0.39 is 0 Å². The minimum Gasteiger partial charge on any atom is -0.494 e. The Hall–Kier alpha value is -1.81. The average molecular weight is 307 g/mol. The smallest absolute Gasteiger partial charge is 0.226 e. The molecule has 0 atom stereocenters. The van der Waals surface area contributed by atoms with Gasteiger partial charge in [0.15, 0.2) is 0 Å². The van der Waals surface area contributed by atoms with Gasteiger partial charge >= 0.3 is 0 Å². The molecule has 0 saturated carbocycles. The molecule has 1 aromatic heterocycles. The molecule has 0 bridgehead atoms. The molecule has 2 aromatic rings. The molecule has 2 rings (SSSR count). The third-order valence-electron chi connectivity index (χ3n) is 2.92. The normalized spacial score (nSPS) is 10.5. The van der Waals surface area contributed by atoms with Gasteiger partial charge in [0.2, 0.25) is 5.88 Å². The number of nitrogens with zero attached hydrogens (tertiary/aromatic N) is 2. The van der Waals surface area contributed by atoms with Crippen molar-refractivity contribution in [2.75, 3.05) is 6.61 Å². The summed E-state index contributed by atoms with van der Waals surface area (Å²) in [6, 6.07) is 7.46. The number of ether oxygens (including phenoxy) is 2. The van der Waals surface area contributed by atoms with E-state index in [0.717, 1.165) is 17.7 Å². The predicted octanol–water partition coefficient (Wildman–Crippen LogP) is 4.58. The molecule has 0 amide bonds. The van der Waals surface area contributed by atoms with Crippen LogP contribution in [-0.4, -0.2) is 16.6 Å². The van der Waals surface area contributed by atoms with Gasteiger partial charge < -0.3 is 9.47 Å². The van der Waals surface area contributed by atoms with Crippen LogP contribution >= 0.6 is 11.6 Å². The maximum atomic E-state index is 6.10. The van der Waals surface area contributed by atoms with Crippen LogP contribution in [0.3, 0.4) is 0 Å². The molecule has 1 heterocycles. The van der Waals surface area contributed by atoms with Gasteiger partial charge in [-0.1, -0.05) is 25.4 Å². The van der Waals surface area contributed by atoms with Crippen molar-refractivity contribution in [3.05, 3.63) is 40.8 Å². The molecule has 0 unspecified atom stereocenters.